The van der Waals surface area contributed by atoms with Gasteiger partial charge in [-0.25, -0.2) is 4.79 Å². The van der Waals surface area contributed by atoms with Crippen LogP contribution in [0.1, 0.15) is 5.76 Å². The van der Waals surface area contributed by atoms with Gasteiger partial charge in [0.05, 0.1) is 17.9 Å². The zero-order valence-corrected chi connectivity index (χ0v) is 15.8. The minimum Gasteiger partial charge on any atom is -0.543 e. The molecule has 3 rings (SSSR count). The summed E-state index contributed by atoms with van der Waals surface area (Å²) in [7, 11) is 1.25. The second-order valence-corrected chi connectivity index (χ2v) is 6.91. The van der Waals surface area contributed by atoms with Crippen molar-refractivity contribution in [2.24, 2.45) is 10.9 Å². The number of ether oxygens (including phenoxy) is 1. The van der Waals surface area contributed by atoms with Crippen molar-refractivity contribution < 1.29 is 38.3 Å². The fourth-order valence-electron chi connectivity index (χ4n) is 2.85. The van der Waals surface area contributed by atoms with E-state index in [-0.39, 0.29) is 29.4 Å². The molecule has 0 radical (unpaired) electrons. The number of carboxylic acid groups (broad SMARTS) is 1. The zero-order chi connectivity index (χ0) is 21.1. The summed E-state index contributed by atoms with van der Waals surface area (Å²) in [6, 6.07) is 2.04. The molecule has 13 heteroatoms. The highest BCUT2D eigenvalue weighted by atomic mass is 32.2. The SMILES string of the molecule is CON=C(C(=O)NC1C(=O)N2C(C(=O)[O-])=C(COC(N)=O)CSC12)c1ccco1. The number of hydrogen-bond donors (Lipinski definition) is 2. The van der Waals surface area contributed by atoms with Crippen LogP contribution in [0.3, 0.4) is 0 Å². The van der Waals surface area contributed by atoms with E-state index >= 15 is 0 Å². The normalized spacial score (nSPS) is 21.2. The van der Waals surface area contributed by atoms with E-state index in [2.05, 4.69) is 20.0 Å². The number of nitrogens with one attached hydrogen (secondary N) is 1. The molecule has 12 nitrogen and oxygen atoms in total. The molecule has 1 saturated heterocycles. The third kappa shape index (κ3) is 3.89. The summed E-state index contributed by atoms with van der Waals surface area (Å²) in [5.74, 6) is -2.74. The van der Waals surface area contributed by atoms with Gasteiger partial charge in [-0.05, 0) is 12.1 Å². The van der Waals surface area contributed by atoms with E-state index in [0.717, 1.165) is 4.90 Å². The lowest BCUT2D eigenvalue weighted by Crippen LogP contribution is -2.71. The highest BCUT2D eigenvalue weighted by Gasteiger charge is 2.53. The van der Waals surface area contributed by atoms with Crippen LogP contribution in [0.4, 0.5) is 4.79 Å². The molecule has 3 amide bonds. The zero-order valence-electron chi connectivity index (χ0n) is 14.9. The largest absolute Gasteiger partial charge is 0.543 e. The van der Waals surface area contributed by atoms with Gasteiger partial charge < -0.3 is 34.9 Å². The Morgan fingerprint density at radius 3 is 2.83 bits per heavy atom. The van der Waals surface area contributed by atoms with Crippen LogP contribution in [0, 0.1) is 0 Å². The predicted molar refractivity (Wildman–Crippen MR) is 94.8 cm³/mol. The van der Waals surface area contributed by atoms with Crippen LogP contribution in [0.2, 0.25) is 0 Å². The number of carbonyl (C=O) groups is 4. The van der Waals surface area contributed by atoms with Gasteiger partial charge in [0.2, 0.25) is 5.71 Å². The molecule has 154 valence electrons. The number of aliphatic carboxylic acids is 1. The fraction of sp³-hybridized carbons (Fsp3) is 0.312. The summed E-state index contributed by atoms with van der Waals surface area (Å²) in [5.41, 5.74) is 4.48. The number of primary amides is 1. The minimum atomic E-state index is -1.60. The van der Waals surface area contributed by atoms with Crippen molar-refractivity contribution in [3.05, 3.63) is 35.4 Å². The summed E-state index contributed by atoms with van der Waals surface area (Å²) in [6.45, 7) is -0.387. The van der Waals surface area contributed by atoms with Crippen molar-refractivity contribution >= 4 is 41.4 Å². The van der Waals surface area contributed by atoms with Gasteiger partial charge in [0, 0.05) is 11.3 Å². The van der Waals surface area contributed by atoms with Crippen LogP contribution in [0.15, 0.2) is 39.2 Å². The summed E-state index contributed by atoms with van der Waals surface area (Å²) in [6.07, 6.45) is 0.262. The van der Waals surface area contributed by atoms with Crippen LogP contribution in [-0.2, 0) is 24.0 Å². The summed E-state index contributed by atoms with van der Waals surface area (Å²) < 4.78 is 9.75. The van der Waals surface area contributed by atoms with Gasteiger partial charge in [-0.2, -0.15) is 0 Å². The molecule has 2 atom stereocenters. The molecule has 2 aliphatic rings. The van der Waals surface area contributed by atoms with Gasteiger partial charge in [-0.3, -0.25) is 14.5 Å². The van der Waals surface area contributed by atoms with E-state index in [0.29, 0.717) is 0 Å². The smallest absolute Gasteiger partial charge is 0.404 e. The number of carboxylic acids is 1. The Hall–Kier alpha value is -3.48. The lowest BCUT2D eigenvalue weighted by molar-refractivity contribution is -0.301. The van der Waals surface area contributed by atoms with Crippen molar-refractivity contribution in [3.63, 3.8) is 0 Å². The van der Waals surface area contributed by atoms with Crippen molar-refractivity contribution in [1.82, 2.24) is 10.2 Å². The van der Waals surface area contributed by atoms with Crippen molar-refractivity contribution in [3.8, 4) is 0 Å². The predicted octanol–water partition coefficient (Wildman–Crippen LogP) is -1.87. The Labute approximate surface area is 167 Å². The first-order chi connectivity index (χ1) is 13.8. The monoisotopic (exact) mass is 423 g/mol. The second-order valence-electron chi connectivity index (χ2n) is 5.81. The molecule has 0 saturated carbocycles. The molecule has 2 unspecified atom stereocenters. The first kappa shape index (κ1) is 20.3. The maximum absolute atomic E-state index is 12.5. The highest BCUT2D eigenvalue weighted by molar-refractivity contribution is 8.00. The molecule has 2 aliphatic heterocycles. The third-order valence-corrected chi connectivity index (χ3v) is 5.41. The molecule has 0 spiro atoms. The van der Waals surface area contributed by atoms with Gasteiger partial charge >= 0.3 is 6.09 Å². The number of amides is 3. The Morgan fingerprint density at radius 2 is 2.24 bits per heavy atom. The Balaban J connectivity index is 1.77. The Kier molecular flexibility index (Phi) is 5.77. The number of carbonyl (C=O) groups excluding carboxylic acids is 4. The lowest BCUT2D eigenvalue weighted by Gasteiger charge is -2.50. The molecule has 29 heavy (non-hydrogen) atoms. The fourth-order valence-corrected chi connectivity index (χ4v) is 4.18. The van der Waals surface area contributed by atoms with Crippen molar-refractivity contribution in [1.29, 1.82) is 0 Å². The number of nitrogens with zero attached hydrogens (tertiary/aromatic N) is 2. The van der Waals surface area contributed by atoms with E-state index in [1.54, 1.807) is 6.07 Å². The summed E-state index contributed by atoms with van der Waals surface area (Å²) >= 11 is 1.18. The number of hydrogen-bond acceptors (Lipinski definition) is 10. The number of oxime groups is 1. The van der Waals surface area contributed by atoms with Crippen molar-refractivity contribution in [2.45, 2.75) is 11.4 Å². The third-order valence-electron chi connectivity index (χ3n) is 4.07. The van der Waals surface area contributed by atoms with Crippen LogP contribution < -0.4 is 16.2 Å². The highest BCUT2D eigenvalue weighted by Crippen LogP contribution is 2.40. The quantitative estimate of drug-likeness (QED) is 0.289. The molecule has 1 aromatic heterocycles. The molecular weight excluding hydrogens is 408 g/mol. The van der Waals surface area contributed by atoms with Gasteiger partial charge in [0.25, 0.3) is 11.8 Å². The topological polar surface area (TPSA) is 177 Å². The second kappa shape index (κ2) is 8.26. The summed E-state index contributed by atoms with van der Waals surface area (Å²) in [4.78, 5) is 53.0. The van der Waals surface area contributed by atoms with Gasteiger partial charge in [0.15, 0.2) is 5.76 Å². The van der Waals surface area contributed by atoms with Crippen LogP contribution >= 0.6 is 11.8 Å². The van der Waals surface area contributed by atoms with Crippen LogP contribution in [0.25, 0.3) is 0 Å². The molecule has 3 heterocycles. The molecule has 1 fully saturated rings. The molecule has 1 aromatic rings. The number of fused-ring (bicyclic) bond motifs is 1. The molecule has 0 bridgehead atoms. The number of thioether (sulfide) groups is 1. The molecule has 0 aromatic carbocycles. The van der Waals surface area contributed by atoms with Gasteiger partial charge in [-0.1, -0.05) is 5.16 Å². The number of rotatable bonds is 7. The Morgan fingerprint density at radius 1 is 1.48 bits per heavy atom. The van der Waals surface area contributed by atoms with Crippen LogP contribution in [-0.4, -0.2) is 65.4 Å². The number of furan rings is 1. The minimum absolute atomic E-state index is 0.130. The van der Waals surface area contributed by atoms with E-state index in [1.165, 1.54) is 31.2 Å². The maximum atomic E-state index is 12.5. The average molecular weight is 423 g/mol. The average Bonchev–Trinajstić information content (AvgIpc) is 3.21. The van der Waals surface area contributed by atoms with E-state index < -0.39 is 41.0 Å². The summed E-state index contributed by atoms with van der Waals surface area (Å²) in [5, 5.41) is 17.0. The van der Waals surface area contributed by atoms with E-state index in [4.69, 9.17) is 10.2 Å². The first-order valence-corrected chi connectivity index (χ1v) is 9.16. The van der Waals surface area contributed by atoms with Gasteiger partial charge in [0.1, 0.15) is 25.1 Å². The lowest BCUT2D eigenvalue weighted by atomic mass is 10.0. The molecule has 0 aliphatic carbocycles. The Bertz CT molecular complexity index is 910. The maximum Gasteiger partial charge on any atom is 0.404 e. The van der Waals surface area contributed by atoms with Crippen LogP contribution in [0.5, 0.6) is 0 Å². The molecular formula is C16H15N4O8S-. The standard InChI is InChI=1S/C16H16N4O8S/c1-26-19-9(8-3-2-4-27-8)12(21)18-10-13(22)20-11(15(23)24)7(5-28-16(17)25)6-29-14(10)20/h2-4,10,14H,5-6H2,1H3,(H2,17,25)(H,18,21)(H,23,24)/p-1. The van der Waals surface area contributed by atoms with E-state index in [9.17, 15) is 24.3 Å². The van der Waals surface area contributed by atoms with Gasteiger partial charge in [-0.15, -0.1) is 11.8 Å². The van der Waals surface area contributed by atoms with Crippen molar-refractivity contribution in [2.75, 3.05) is 19.5 Å². The number of β-lactam (4-membered cyclic amide) rings is 1. The van der Waals surface area contributed by atoms with E-state index in [1.807, 2.05) is 0 Å². The number of nitrogens with two attached hydrogens (primary N) is 1. The molecule has 3 N–H and O–H groups in total. The first-order valence-electron chi connectivity index (χ1n) is 8.11.